The molecule has 0 aliphatic carbocycles. The highest BCUT2D eigenvalue weighted by molar-refractivity contribution is 6.36. The Hall–Kier alpha value is -1.28. The second-order valence-electron chi connectivity index (χ2n) is 5.43. The molecule has 19 heavy (non-hydrogen) atoms. The minimum atomic E-state index is 0.152. The third kappa shape index (κ3) is 2.84. The minimum absolute atomic E-state index is 0.152. The lowest BCUT2D eigenvalue weighted by Gasteiger charge is -2.15. The number of fused-ring (bicyclic) bond motifs is 1. The SMILES string of the molecule is Cc1nc2ccc(OC(C)C)cc2c(Cl)c1C(C)C. The van der Waals surface area contributed by atoms with Gasteiger partial charge in [-0.2, -0.15) is 0 Å². The van der Waals surface area contributed by atoms with Crippen LogP contribution >= 0.6 is 11.6 Å². The van der Waals surface area contributed by atoms with E-state index in [9.17, 15) is 0 Å². The average Bonchev–Trinajstić information content (AvgIpc) is 2.28. The number of halogens is 1. The van der Waals surface area contributed by atoms with Gasteiger partial charge in [-0.05, 0) is 50.5 Å². The van der Waals surface area contributed by atoms with Gasteiger partial charge in [-0.25, -0.2) is 0 Å². The van der Waals surface area contributed by atoms with Crippen LogP contribution in [0.2, 0.25) is 5.02 Å². The summed E-state index contributed by atoms with van der Waals surface area (Å²) in [4.78, 5) is 4.64. The van der Waals surface area contributed by atoms with E-state index in [-0.39, 0.29) is 6.10 Å². The topological polar surface area (TPSA) is 22.1 Å². The lowest BCUT2D eigenvalue weighted by Crippen LogP contribution is -2.05. The molecule has 0 fully saturated rings. The summed E-state index contributed by atoms with van der Waals surface area (Å²) in [6, 6.07) is 5.90. The number of rotatable bonds is 3. The van der Waals surface area contributed by atoms with Crippen molar-refractivity contribution in [3.8, 4) is 5.75 Å². The van der Waals surface area contributed by atoms with Gasteiger partial charge in [0.15, 0.2) is 0 Å². The molecule has 0 saturated carbocycles. The van der Waals surface area contributed by atoms with Gasteiger partial charge >= 0.3 is 0 Å². The van der Waals surface area contributed by atoms with Crippen molar-refractivity contribution >= 4 is 22.5 Å². The summed E-state index contributed by atoms with van der Waals surface area (Å²) in [7, 11) is 0. The maximum absolute atomic E-state index is 6.55. The van der Waals surface area contributed by atoms with E-state index in [1.54, 1.807) is 0 Å². The molecule has 0 spiro atoms. The first-order chi connectivity index (χ1) is 8.90. The highest BCUT2D eigenvalue weighted by atomic mass is 35.5. The molecule has 0 radical (unpaired) electrons. The predicted octanol–water partition coefficient (Wildman–Crippen LogP) is 5.11. The number of benzene rings is 1. The van der Waals surface area contributed by atoms with E-state index in [1.165, 1.54) is 0 Å². The first-order valence-corrected chi connectivity index (χ1v) is 7.04. The number of aryl methyl sites for hydroxylation is 1. The average molecular weight is 278 g/mol. The molecule has 0 unspecified atom stereocenters. The zero-order valence-corrected chi connectivity index (χ0v) is 12.9. The summed E-state index contributed by atoms with van der Waals surface area (Å²) < 4.78 is 5.72. The lowest BCUT2D eigenvalue weighted by molar-refractivity contribution is 0.243. The van der Waals surface area contributed by atoms with E-state index in [1.807, 2.05) is 39.0 Å². The standard InChI is InChI=1S/C16H20ClNO/c1-9(2)15-11(5)18-14-7-6-12(19-10(3)4)8-13(14)16(15)17/h6-10H,1-5H3. The third-order valence-corrected chi connectivity index (χ3v) is 3.48. The molecule has 2 rings (SSSR count). The van der Waals surface area contributed by atoms with Crippen LogP contribution in [0, 0.1) is 6.92 Å². The molecule has 0 amide bonds. The minimum Gasteiger partial charge on any atom is -0.491 e. The lowest BCUT2D eigenvalue weighted by atomic mass is 9.99. The van der Waals surface area contributed by atoms with Crippen LogP contribution in [0.5, 0.6) is 5.75 Å². The van der Waals surface area contributed by atoms with Crippen LogP contribution in [0.4, 0.5) is 0 Å². The van der Waals surface area contributed by atoms with Gasteiger partial charge < -0.3 is 4.74 Å². The van der Waals surface area contributed by atoms with Gasteiger partial charge in [0.05, 0.1) is 16.6 Å². The van der Waals surface area contributed by atoms with E-state index in [0.717, 1.165) is 32.9 Å². The molecule has 2 aromatic rings. The Morgan fingerprint density at radius 1 is 1.16 bits per heavy atom. The van der Waals surface area contributed by atoms with E-state index >= 15 is 0 Å². The quantitative estimate of drug-likeness (QED) is 0.778. The fraction of sp³-hybridized carbons (Fsp3) is 0.438. The van der Waals surface area contributed by atoms with Crippen LogP contribution in [0.15, 0.2) is 18.2 Å². The smallest absolute Gasteiger partial charge is 0.120 e. The Morgan fingerprint density at radius 3 is 2.42 bits per heavy atom. The Bertz CT molecular complexity index is 605. The zero-order chi connectivity index (χ0) is 14.2. The Morgan fingerprint density at radius 2 is 1.84 bits per heavy atom. The summed E-state index contributed by atoms with van der Waals surface area (Å²) in [5.41, 5.74) is 3.05. The summed E-state index contributed by atoms with van der Waals surface area (Å²) in [6.07, 6.45) is 0.152. The van der Waals surface area contributed by atoms with Crippen molar-refractivity contribution in [2.45, 2.75) is 46.6 Å². The Kier molecular flexibility index (Phi) is 4.00. The highest BCUT2D eigenvalue weighted by Gasteiger charge is 2.14. The van der Waals surface area contributed by atoms with E-state index in [0.29, 0.717) is 5.92 Å². The maximum atomic E-state index is 6.55. The van der Waals surface area contributed by atoms with Gasteiger partial charge in [0, 0.05) is 11.1 Å². The van der Waals surface area contributed by atoms with Crippen LogP contribution in [-0.2, 0) is 0 Å². The van der Waals surface area contributed by atoms with Gasteiger partial charge in [0.2, 0.25) is 0 Å². The van der Waals surface area contributed by atoms with Crippen LogP contribution in [0.3, 0.4) is 0 Å². The van der Waals surface area contributed by atoms with Crippen molar-refractivity contribution < 1.29 is 4.74 Å². The summed E-state index contributed by atoms with van der Waals surface area (Å²) in [6.45, 7) is 10.3. The number of hydrogen-bond acceptors (Lipinski definition) is 2. The highest BCUT2D eigenvalue weighted by Crippen LogP contribution is 2.34. The van der Waals surface area contributed by atoms with Crippen LogP contribution in [0.25, 0.3) is 10.9 Å². The maximum Gasteiger partial charge on any atom is 0.120 e. The number of hydrogen-bond donors (Lipinski definition) is 0. The van der Waals surface area contributed by atoms with Crippen molar-refractivity contribution in [3.05, 3.63) is 34.5 Å². The predicted molar refractivity (Wildman–Crippen MR) is 81.3 cm³/mol. The number of nitrogens with zero attached hydrogens (tertiary/aromatic N) is 1. The van der Waals surface area contributed by atoms with Crippen molar-refractivity contribution in [1.82, 2.24) is 4.98 Å². The first kappa shape index (κ1) is 14.1. The molecule has 3 heteroatoms. The molecule has 2 nitrogen and oxygen atoms in total. The molecule has 1 aromatic carbocycles. The second kappa shape index (κ2) is 5.38. The molecule has 0 bridgehead atoms. The van der Waals surface area contributed by atoms with Crippen LogP contribution in [0.1, 0.15) is 44.9 Å². The van der Waals surface area contributed by atoms with E-state index in [2.05, 4.69) is 18.8 Å². The fourth-order valence-electron chi connectivity index (χ4n) is 2.35. The zero-order valence-electron chi connectivity index (χ0n) is 12.1. The largest absolute Gasteiger partial charge is 0.491 e. The molecule has 1 heterocycles. The number of ether oxygens (including phenoxy) is 1. The molecular weight excluding hydrogens is 258 g/mol. The van der Waals surface area contributed by atoms with Crippen molar-refractivity contribution in [1.29, 1.82) is 0 Å². The molecule has 1 aromatic heterocycles. The van der Waals surface area contributed by atoms with E-state index < -0.39 is 0 Å². The fourth-order valence-corrected chi connectivity index (χ4v) is 2.86. The molecule has 0 N–H and O–H groups in total. The molecular formula is C16H20ClNO. The summed E-state index contributed by atoms with van der Waals surface area (Å²) in [5, 5.41) is 1.76. The summed E-state index contributed by atoms with van der Waals surface area (Å²) >= 11 is 6.55. The Balaban J connectivity index is 2.63. The van der Waals surface area contributed by atoms with E-state index in [4.69, 9.17) is 16.3 Å². The van der Waals surface area contributed by atoms with Crippen LogP contribution < -0.4 is 4.74 Å². The molecule has 0 aliphatic rings. The second-order valence-corrected chi connectivity index (χ2v) is 5.80. The Labute approximate surface area is 119 Å². The number of pyridine rings is 1. The van der Waals surface area contributed by atoms with Crippen molar-refractivity contribution in [3.63, 3.8) is 0 Å². The number of aromatic nitrogens is 1. The van der Waals surface area contributed by atoms with Gasteiger partial charge in [-0.1, -0.05) is 25.4 Å². The monoisotopic (exact) mass is 277 g/mol. The van der Waals surface area contributed by atoms with Gasteiger partial charge in [-0.15, -0.1) is 0 Å². The molecule has 102 valence electrons. The normalized spacial score (nSPS) is 11.6. The van der Waals surface area contributed by atoms with Crippen molar-refractivity contribution in [2.24, 2.45) is 0 Å². The van der Waals surface area contributed by atoms with Gasteiger partial charge in [0.25, 0.3) is 0 Å². The van der Waals surface area contributed by atoms with Gasteiger partial charge in [-0.3, -0.25) is 4.98 Å². The summed E-state index contributed by atoms with van der Waals surface area (Å²) in [5.74, 6) is 1.20. The van der Waals surface area contributed by atoms with Crippen LogP contribution in [-0.4, -0.2) is 11.1 Å². The molecule has 0 aliphatic heterocycles. The molecule has 0 saturated heterocycles. The third-order valence-electron chi connectivity index (χ3n) is 3.07. The van der Waals surface area contributed by atoms with Gasteiger partial charge in [0.1, 0.15) is 5.75 Å². The molecule has 0 atom stereocenters. The van der Waals surface area contributed by atoms with Crippen molar-refractivity contribution in [2.75, 3.05) is 0 Å². The first-order valence-electron chi connectivity index (χ1n) is 6.66.